The van der Waals surface area contributed by atoms with E-state index in [0.29, 0.717) is 36.9 Å². The number of rotatable bonds is 2. The van der Waals surface area contributed by atoms with Gasteiger partial charge in [-0.3, -0.25) is 9.59 Å². The van der Waals surface area contributed by atoms with Gasteiger partial charge >= 0.3 is 0 Å². The quantitative estimate of drug-likeness (QED) is 0.667. The number of carbonyl (C=O) groups excluding carboxylic acids is 2. The van der Waals surface area contributed by atoms with Crippen molar-refractivity contribution in [2.45, 2.75) is 6.92 Å². The third-order valence-electron chi connectivity index (χ3n) is 3.48. The smallest absolute Gasteiger partial charge is 0.246 e. The molecular formula is C15H18ClN3O2. The lowest BCUT2D eigenvalue weighted by Gasteiger charge is -2.33. The van der Waals surface area contributed by atoms with Gasteiger partial charge in [-0.25, -0.2) is 0 Å². The van der Waals surface area contributed by atoms with Crippen LogP contribution in [0.2, 0.25) is 5.02 Å². The monoisotopic (exact) mass is 307 g/mol. The fraction of sp³-hybridized carbons (Fsp3) is 0.333. The number of anilines is 1. The van der Waals surface area contributed by atoms with Crippen LogP contribution in [0.3, 0.4) is 0 Å². The maximum atomic E-state index is 12.1. The van der Waals surface area contributed by atoms with Gasteiger partial charge in [-0.15, -0.1) is 0 Å². The molecule has 2 amide bonds. The molecule has 5 nitrogen and oxygen atoms in total. The van der Waals surface area contributed by atoms with Gasteiger partial charge in [-0.2, -0.15) is 0 Å². The van der Waals surface area contributed by atoms with E-state index in [4.69, 9.17) is 17.3 Å². The molecule has 1 aromatic rings. The van der Waals surface area contributed by atoms with Gasteiger partial charge < -0.3 is 15.5 Å². The van der Waals surface area contributed by atoms with Crippen LogP contribution >= 0.6 is 11.6 Å². The molecule has 1 heterocycles. The summed E-state index contributed by atoms with van der Waals surface area (Å²) in [6.45, 7) is 3.84. The Bertz CT molecular complexity index is 578. The summed E-state index contributed by atoms with van der Waals surface area (Å²) in [5, 5.41) is 0.499. The van der Waals surface area contributed by atoms with E-state index in [0.717, 1.165) is 5.56 Å². The van der Waals surface area contributed by atoms with E-state index in [9.17, 15) is 9.59 Å². The lowest BCUT2D eigenvalue weighted by molar-refractivity contribution is -0.135. The van der Waals surface area contributed by atoms with Crippen LogP contribution in [-0.4, -0.2) is 47.8 Å². The highest BCUT2D eigenvalue weighted by molar-refractivity contribution is 6.33. The molecule has 0 bridgehead atoms. The van der Waals surface area contributed by atoms with E-state index in [1.165, 1.54) is 6.08 Å². The Kier molecular flexibility index (Phi) is 4.85. The van der Waals surface area contributed by atoms with Crippen molar-refractivity contribution in [2.24, 2.45) is 0 Å². The molecule has 112 valence electrons. The van der Waals surface area contributed by atoms with E-state index >= 15 is 0 Å². The SMILES string of the molecule is CC(=O)N1CCN(C(=O)/C=C/c2ccc(Cl)c(N)c2)CC1. The molecule has 0 unspecified atom stereocenters. The minimum absolute atomic E-state index is 0.0503. The Morgan fingerprint density at radius 1 is 1.19 bits per heavy atom. The van der Waals surface area contributed by atoms with Crippen molar-refractivity contribution >= 4 is 35.2 Å². The van der Waals surface area contributed by atoms with Crippen LogP contribution in [-0.2, 0) is 9.59 Å². The summed E-state index contributed by atoms with van der Waals surface area (Å²) >= 11 is 5.85. The summed E-state index contributed by atoms with van der Waals surface area (Å²) < 4.78 is 0. The highest BCUT2D eigenvalue weighted by Crippen LogP contribution is 2.20. The minimum atomic E-state index is -0.0632. The number of nitrogens with zero attached hydrogens (tertiary/aromatic N) is 2. The summed E-state index contributed by atoms with van der Waals surface area (Å²) in [4.78, 5) is 26.8. The van der Waals surface area contributed by atoms with Gasteiger partial charge in [0.05, 0.1) is 10.7 Å². The minimum Gasteiger partial charge on any atom is -0.398 e. The van der Waals surface area contributed by atoms with Crippen LogP contribution < -0.4 is 5.73 Å². The van der Waals surface area contributed by atoms with Gasteiger partial charge in [0, 0.05) is 39.2 Å². The fourth-order valence-electron chi connectivity index (χ4n) is 2.18. The Hall–Kier alpha value is -2.01. The summed E-state index contributed by atoms with van der Waals surface area (Å²) in [5.74, 6) is -0.0130. The Morgan fingerprint density at radius 3 is 2.38 bits per heavy atom. The van der Waals surface area contributed by atoms with Crippen molar-refractivity contribution in [3.05, 3.63) is 34.9 Å². The van der Waals surface area contributed by atoms with Crippen molar-refractivity contribution in [3.8, 4) is 0 Å². The van der Waals surface area contributed by atoms with E-state index in [-0.39, 0.29) is 11.8 Å². The van der Waals surface area contributed by atoms with Crippen molar-refractivity contribution < 1.29 is 9.59 Å². The molecule has 1 aliphatic heterocycles. The van der Waals surface area contributed by atoms with Crippen LogP contribution in [0.25, 0.3) is 6.08 Å². The predicted octanol–water partition coefficient (Wildman–Crippen LogP) is 1.63. The number of piperazine rings is 1. The van der Waals surface area contributed by atoms with Gasteiger partial charge in [0.15, 0.2) is 0 Å². The van der Waals surface area contributed by atoms with Crippen molar-refractivity contribution in [1.29, 1.82) is 0 Å². The molecule has 1 aromatic carbocycles. The molecule has 6 heteroatoms. The number of halogens is 1. The van der Waals surface area contributed by atoms with Crippen LogP contribution in [0.15, 0.2) is 24.3 Å². The lowest BCUT2D eigenvalue weighted by atomic mass is 10.2. The third kappa shape index (κ3) is 3.98. The van der Waals surface area contributed by atoms with Gasteiger partial charge in [-0.1, -0.05) is 17.7 Å². The Balaban J connectivity index is 1.94. The first-order valence-corrected chi connectivity index (χ1v) is 7.12. The molecule has 1 fully saturated rings. The summed E-state index contributed by atoms with van der Waals surface area (Å²) in [5.41, 5.74) is 7.03. The molecule has 0 spiro atoms. The highest BCUT2D eigenvalue weighted by atomic mass is 35.5. The van der Waals surface area contributed by atoms with Gasteiger partial charge in [0.25, 0.3) is 0 Å². The first-order chi connectivity index (χ1) is 9.97. The maximum absolute atomic E-state index is 12.1. The second-order valence-corrected chi connectivity index (χ2v) is 5.35. The lowest BCUT2D eigenvalue weighted by Crippen LogP contribution is -2.49. The third-order valence-corrected chi connectivity index (χ3v) is 3.82. The zero-order valence-corrected chi connectivity index (χ0v) is 12.6. The molecular weight excluding hydrogens is 290 g/mol. The zero-order chi connectivity index (χ0) is 15.4. The van der Waals surface area contributed by atoms with Crippen LogP contribution in [0.1, 0.15) is 12.5 Å². The second-order valence-electron chi connectivity index (χ2n) is 4.95. The number of hydrogen-bond donors (Lipinski definition) is 1. The molecule has 0 saturated carbocycles. The molecule has 21 heavy (non-hydrogen) atoms. The number of carbonyl (C=O) groups is 2. The molecule has 0 atom stereocenters. The maximum Gasteiger partial charge on any atom is 0.246 e. The largest absolute Gasteiger partial charge is 0.398 e. The van der Waals surface area contributed by atoms with Crippen LogP contribution in [0.4, 0.5) is 5.69 Å². The molecule has 1 saturated heterocycles. The molecule has 2 N–H and O–H groups in total. The van der Waals surface area contributed by atoms with Crippen molar-refractivity contribution in [3.63, 3.8) is 0 Å². The average molecular weight is 308 g/mol. The zero-order valence-electron chi connectivity index (χ0n) is 11.9. The first-order valence-electron chi connectivity index (χ1n) is 6.75. The Labute approximate surface area is 129 Å². The highest BCUT2D eigenvalue weighted by Gasteiger charge is 2.20. The van der Waals surface area contributed by atoms with Crippen LogP contribution in [0.5, 0.6) is 0 Å². The summed E-state index contributed by atoms with van der Waals surface area (Å²) in [6, 6.07) is 5.22. The number of amides is 2. The van der Waals surface area contributed by atoms with E-state index in [1.807, 2.05) is 0 Å². The van der Waals surface area contributed by atoms with Crippen LogP contribution in [0, 0.1) is 0 Å². The molecule has 2 rings (SSSR count). The van der Waals surface area contributed by atoms with Gasteiger partial charge in [0.1, 0.15) is 0 Å². The summed E-state index contributed by atoms with van der Waals surface area (Å²) in [7, 11) is 0. The summed E-state index contributed by atoms with van der Waals surface area (Å²) in [6.07, 6.45) is 3.23. The van der Waals surface area contributed by atoms with Crippen molar-refractivity contribution in [2.75, 3.05) is 31.9 Å². The number of nitrogens with two attached hydrogens (primary N) is 1. The first kappa shape index (κ1) is 15.4. The molecule has 1 aliphatic rings. The van der Waals surface area contributed by atoms with E-state index in [2.05, 4.69) is 0 Å². The van der Waals surface area contributed by atoms with Gasteiger partial charge in [0.2, 0.25) is 11.8 Å². The average Bonchev–Trinajstić information content (AvgIpc) is 2.48. The Morgan fingerprint density at radius 2 is 1.81 bits per heavy atom. The standard InChI is InChI=1S/C15H18ClN3O2/c1-11(20)18-6-8-19(9-7-18)15(21)5-3-12-2-4-13(16)14(17)10-12/h2-5,10H,6-9,17H2,1H3/b5-3+. The van der Waals surface area contributed by atoms with Gasteiger partial charge in [-0.05, 0) is 23.8 Å². The predicted molar refractivity (Wildman–Crippen MR) is 83.7 cm³/mol. The second kappa shape index (κ2) is 6.63. The number of benzene rings is 1. The molecule has 0 aliphatic carbocycles. The number of nitrogen functional groups attached to an aromatic ring is 1. The topological polar surface area (TPSA) is 66.6 Å². The van der Waals surface area contributed by atoms with E-state index < -0.39 is 0 Å². The molecule has 0 aromatic heterocycles. The van der Waals surface area contributed by atoms with E-state index in [1.54, 1.807) is 41.0 Å². The van der Waals surface area contributed by atoms with Crippen molar-refractivity contribution in [1.82, 2.24) is 9.80 Å². The number of hydrogen-bond acceptors (Lipinski definition) is 3. The fourth-order valence-corrected chi connectivity index (χ4v) is 2.30. The normalized spacial score (nSPS) is 15.5. The molecule has 0 radical (unpaired) electrons.